The summed E-state index contributed by atoms with van der Waals surface area (Å²) in [6, 6.07) is 4.81. The van der Waals surface area contributed by atoms with E-state index in [9.17, 15) is 9.18 Å². The maximum absolute atomic E-state index is 13.3. The highest BCUT2D eigenvalue weighted by Crippen LogP contribution is 2.40. The van der Waals surface area contributed by atoms with Gasteiger partial charge < -0.3 is 10.6 Å². The highest BCUT2D eigenvalue weighted by atomic mass is 35.5. The number of halogens is 2. The first-order valence-electron chi connectivity index (χ1n) is 11.5. The molecule has 0 aromatic heterocycles. The molecule has 3 aliphatic rings. The van der Waals surface area contributed by atoms with Crippen LogP contribution in [0.15, 0.2) is 18.2 Å². The van der Waals surface area contributed by atoms with E-state index < -0.39 is 0 Å². The van der Waals surface area contributed by atoms with Crippen LogP contribution in [0.25, 0.3) is 0 Å². The fourth-order valence-electron chi connectivity index (χ4n) is 5.30. The monoisotopic (exact) mass is 420 g/mol. The minimum absolute atomic E-state index is 0.233. The van der Waals surface area contributed by atoms with Gasteiger partial charge in [-0.25, -0.2) is 4.39 Å². The van der Waals surface area contributed by atoms with Crippen LogP contribution >= 0.6 is 11.6 Å². The van der Waals surface area contributed by atoms with Crippen molar-refractivity contribution in [1.82, 2.24) is 10.6 Å². The summed E-state index contributed by atoms with van der Waals surface area (Å²) in [5, 5.41) is 7.44. The Labute approximate surface area is 179 Å². The van der Waals surface area contributed by atoms with Crippen LogP contribution in [-0.2, 0) is 4.79 Å². The van der Waals surface area contributed by atoms with Crippen LogP contribution in [0.1, 0.15) is 82.1 Å². The molecule has 4 rings (SSSR count). The van der Waals surface area contributed by atoms with E-state index in [2.05, 4.69) is 10.6 Å². The van der Waals surface area contributed by atoms with Gasteiger partial charge in [-0.3, -0.25) is 4.79 Å². The number of nitrogens with one attached hydrogen (secondary N) is 2. The minimum Gasteiger partial charge on any atom is -0.354 e. The van der Waals surface area contributed by atoms with E-state index in [1.165, 1.54) is 37.8 Å². The lowest BCUT2D eigenvalue weighted by atomic mass is 9.77. The molecule has 0 heterocycles. The summed E-state index contributed by atoms with van der Waals surface area (Å²) in [5.41, 5.74) is 0.773. The van der Waals surface area contributed by atoms with Crippen molar-refractivity contribution in [2.45, 2.75) is 82.1 Å². The second-order valence-electron chi connectivity index (χ2n) is 9.54. The average molecular weight is 421 g/mol. The zero-order valence-corrected chi connectivity index (χ0v) is 18.1. The Morgan fingerprint density at radius 1 is 1.07 bits per heavy atom. The first-order valence-corrected chi connectivity index (χ1v) is 11.9. The van der Waals surface area contributed by atoms with Crippen molar-refractivity contribution in [3.63, 3.8) is 0 Å². The van der Waals surface area contributed by atoms with Crippen molar-refractivity contribution in [3.8, 4) is 0 Å². The molecule has 0 aliphatic heterocycles. The fraction of sp³-hybridized carbons (Fsp3) is 0.708. The van der Waals surface area contributed by atoms with E-state index in [0.29, 0.717) is 16.9 Å². The molecule has 3 nitrogen and oxygen atoms in total. The van der Waals surface area contributed by atoms with Crippen molar-refractivity contribution >= 4 is 17.5 Å². The summed E-state index contributed by atoms with van der Waals surface area (Å²) in [4.78, 5) is 12.8. The van der Waals surface area contributed by atoms with Crippen molar-refractivity contribution in [2.24, 2.45) is 11.8 Å². The molecule has 0 saturated heterocycles. The lowest BCUT2D eigenvalue weighted by Gasteiger charge is -2.32. The minimum atomic E-state index is -0.326. The van der Waals surface area contributed by atoms with Crippen LogP contribution in [0.4, 0.5) is 4.39 Å². The first kappa shape index (κ1) is 21.1. The molecule has 2 N–H and O–H groups in total. The molecule has 0 atom stereocenters. The lowest BCUT2D eigenvalue weighted by Crippen LogP contribution is -2.55. The SMILES string of the molecule is O=C(NCC1CC1)C1(NCC[C@H]2CC[C@@H](c3ccc(F)cc3Cl)CC2)CCCC1. The molecule has 0 spiro atoms. The van der Waals surface area contributed by atoms with Gasteiger partial charge in [0.2, 0.25) is 5.91 Å². The van der Waals surface area contributed by atoms with E-state index in [-0.39, 0.29) is 17.3 Å². The van der Waals surface area contributed by atoms with Crippen LogP contribution in [0.5, 0.6) is 0 Å². The number of rotatable bonds is 8. The van der Waals surface area contributed by atoms with Gasteiger partial charge in [-0.2, -0.15) is 0 Å². The second-order valence-corrected chi connectivity index (χ2v) is 9.95. The summed E-state index contributed by atoms with van der Waals surface area (Å²) >= 11 is 6.26. The molecule has 0 bridgehead atoms. The maximum Gasteiger partial charge on any atom is 0.240 e. The van der Waals surface area contributed by atoms with Crippen molar-refractivity contribution in [3.05, 3.63) is 34.6 Å². The Morgan fingerprint density at radius 3 is 2.41 bits per heavy atom. The highest BCUT2D eigenvalue weighted by Gasteiger charge is 2.41. The summed E-state index contributed by atoms with van der Waals surface area (Å²) in [6.45, 7) is 1.78. The summed E-state index contributed by atoms with van der Waals surface area (Å²) in [7, 11) is 0. The predicted molar refractivity (Wildman–Crippen MR) is 116 cm³/mol. The van der Waals surface area contributed by atoms with E-state index >= 15 is 0 Å². The van der Waals surface area contributed by atoms with Gasteiger partial charge in [-0.1, -0.05) is 30.5 Å². The van der Waals surface area contributed by atoms with Gasteiger partial charge in [0, 0.05) is 11.6 Å². The molecule has 1 aromatic rings. The second kappa shape index (κ2) is 9.34. The summed E-state index contributed by atoms with van der Waals surface area (Å²) < 4.78 is 13.3. The Morgan fingerprint density at radius 2 is 1.76 bits per heavy atom. The molecular formula is C24H34ClFN2O. The Kier molecular flexibility index (Phi) is 6.80. The molecule has 1 aromatic carbocycles. The quantitative estimate of drug-likeness (QED) is 0.577. The third-order valence-corrected chi connectivity index (χ3v) is 7.73. The molecule has 0 unspecified atom stereocenters. The normalized spacial score (nSPS) is 26.4. The Balaban J connectivity index is 1.22. The van der Waals surface area contributed by atoms with Gasteiger partial charge in [-0.05, 0) is 99.8 Å². The largest absolute Gasteiger partial charge is 0.354 e. The van der Waals surface area contributed by atoms with Crippen LogP contribution < -0.4 is 10.6 Å². The van der Waals surface area contributed by atoms with Crippen LogP contribution in [0, 0.1) is 17.7 Å². The lowest BCUT2D eigenvalue weighted by molar-refractivity contribution is -0.127. The van der Waals surface area contributed by atoms with Gasteiger partial charge in [0.05, 0.1) is 5.54 Å². The molecular weight excluding hydrogens is 387 g/mol. The zero-order valence-electron chi connectivity index (χ0n) is 17.3. The Bertz CT molecular complexity index is 707. The third kappa shape index (κ3) is 5.32. The van der Waals surface area contributed by atoms with Crippen molar-refractivity contribution < 1.29 is 9.18 Å². The smallest absolute Gasteiger partial charge is 0.240 e. The summed E-state index contributed by atoms with van der Waals surface area (Å²) in [6.07, 6.45) is 12.5. The van der Waals surface area contributed by atoms with Gasteiger partial charge in [0.1, 0.15) is 5.82 Å². The maximum atomic E-state index is 13.3. The Hall–Kier alpha value is -1.13. The number of hydrogen-bond donors (Lipinski definition) is 2. The van der Waals surface area contributed by atoms with Gasteiger partial charge in [0.15, 0.2) is 0 Å². The van der Waals surface area contributed by atoms with Gasteiger partial charge >= 0.3 is 0 Å². The third-order valence-electron chi connectivity index (χ3n) is 7.41. The topological polar surface area (TPSA) is 41.1 Å². The average Bonchev–Trinajstić information content (AvgIpc) is 3.43. The molecule has 29 heavy (non-hydrogen) atoms. The molecule has 3 aliphatic carbocycles. The fourth-order valence-corrected chi connectivity index (χ4v) is 5.62. The highest BCUT2D eigenvalue weighted by molar-refractivity contribution is 6.31. The van der Waals surface area contributed by atoms with Crippen LogP contribution in [-0.4, -0.2) is 24.5 Å². The van der Waals surface area contributed by atoms with Crippen molar-refractivity contribution in [2.75, 3.05) is 13.1 Å². The standard InChI is InChI=1S/C24H34ClFN2O/c25-22-15-20(26)9-10-21(22)19-7-5-17(6-8-19)11-14-28-24(12-1-2-13-24)23(29)27-16-18-3-4-18/h9-10,15,17-19,28H,1-8,11-14,16H2,(H,27,29)/t17-,19+. The molecule has 1 amide bonds. The predicted octanol–water partition coefficient (Wildman–Crippen LogP) is 5.57. The zero-order chi connectivity index (χ0) is 20.3. The number of carbonyl (C=O) groups excluding carboxylic acids is 1. The molecule has 5 heteroatoms. The van der Waals surface area contributed by atoms with Gasteiger partial charge in [-0.15, -0.1) is 0 Å². The molecule has 0 radical (unpaired) electrons. The van der Waals surface area contributed by atoms with Gasteiger partial charge in [0.25, 0.3) is 0 Å². The van der Waals surface area contributed by atoms with Crippen molar-refractivity contribution in [1.29, 1.82) is 0 Å². The number of amides is 1. The number of carbonyl (C=O) groups is 1. The first-order chi connectivity index (χ1) is 14.1. The molecule has 160 valence electrons. The molecule has 3 fully saturated rings. The summed E-state index contributed by atoms with van der Waals surface area (Å²) in [5.74, 6) is 1.84. The number of benzene rings is 1. The van der Waals surface area contributed by atoms with E-state index in [1.807, 2.05) is 6.07 Å². The van der Waals surface area contributed by atoms with Crippen LogP contribution in [0.3, 0.4) is 0 Å². The van der Waals surface area contributed by atoms with E-state index in [1.54, 1.807) is 0 Å². The van der Waals surface area contributed by atoms with E-state index in [4.69, 9.17) is 11.6 Å². The number of hydrogen-bond acceptors (Lipinski definition) is 2. The van der Waals surface area contributed by atoms with Crippen LogP contribution in [0.2, 0.25) is 5.02 Å². The molecule has 3 saturated carbocycles. The van der Waals surface area contributed by atoms with E-state index in [0.717, 1.165) is 69.5 Å².